The lowest BCUT2D eigenvalue weighted by Gasteiger charge is -2.33. The van der Waals surface area contributed by atoms with Crippen molar-refractivity contribution in [3.63, 3.8) is 0 Å². The highest BCUT2D eigenvalue weighted by molar-refractivity contribution is 7.89. The standard InChI is InChI=1S/C16H19F5N2O6S/c1-6(2)12(14(24)22-26)23(15(25)29-16(3,4)5)30(27,28)13-10(20)8(18)7(17)9(19)11(13)21/h6,12,26H,1-5H3,(H,22,24). The molecular weight excluding hydrogens is 443 g/mol. The third-order valence-corrected chi connectivity index (χ3v) is 5.29. The number of carbonyl (C=O) groups excluding carboxylic acids is 2. The summed E-state index contributed by atoms with van der Waals surface area (Å²) in [6.07, 6.45) is -1.85. The zero-order valence-electron chi connectivity index (χ0n) is 16.4. The Morgan fingerprint density at radius 3 is 1.70 bits per heavy atom. The first-order valence-corrected chi connectivity index (χ1v) is 9.65. The lowest BCUT2D eigenvalue weighted by Crippen LogP contribution is -2.55. The summed E-state index contributed by atoms with van der Waals surface area (Å²) in [5.74, 6) is -15.9. The first kappa shape index (κ1) is 25.6. The number of nitrogens with zero attached hydrogens (tertiary/aromatic N) is 1. The van der Waals surface area contributed by atoms with Gasteiger partial charge in [0.2, 0.25) is 5.82 Å². The van der Waals surface area contributed by atoms with Gasteiger partial charge >= 0.3 is 6.09 Å². The van der Waals surface area contributed by atoms with Crippen LogP contribution in [0.2, 0.25) is 0 Å². The minimum atomic E-state index is -5.90. The Balaban J connectivity index is 3.93. The van der Waals surface area contributed by atoms with Gasteiger partial charge in [-0.3, -0.25) is 10.0 Å². The molecule has 1 aromatic rings. The number of benzene rings is 1. The molecule has 8 nitrogen and oxygen atoms in total. The van der Waals surface area contributed by atoms with E-state index in [9.17, 15) is 40.0 Å². The summed E-state index contributed by atoms with van der Waals surface area (Å²) in [5.41, 5.74) is -0.310. The second-order valence-electron chi connectivity index (χ2n) is 7.35. The van der Waals surface area contributed by atoms with Gasteiger partial charge in [0, 0.05) is 0 Å². The molecule has 1 rings (SSSR count). The van der Waals surface area contributed by atoms with E-state index in [1.54, 1.807) is 0 Å². The monoisotopic (exact) mass is 462 g/mol. The van der Waals surface area contributed by atoms with E-state index in [4.69, 9.17) is 9.94 Å². The van der Waals surface area contributed by atoms with Crippen LogP contribution >= 0.6 is 0 Å². The molecular formula is C16H19F5N2O6S. The number of ether oxygens (including phenoxy) is 1. The summed E-state index contributed by atoms with van der Waals surface area (Å²) in [7, 11) is -5.90. The molecule has 14 heteroatoms. The Bertz CT molecular complexity index is 933. The molecule has 0 aliphatic heterocycles. The van der Waals surface area contributed by atoms with Crippen LogP contribution in [0.1, 0.15) is 34.6 Å². The molecule has 0 aliphatic rings. The van der Waals surface area contributed by atoms with Crippen molar-refractivity contribution in [1.29, 1.82) is 0 Å². The molecule has 2 N–H and O–H groups in total. The Kier molecular flexibility index (Phi) is 7.42. The van der Waals surface area contributed by atoms with Gasteiger partial charge in [-0.05, 0) is 26.7 Å². The van der Waals surface area contributed by atoms with Crippen LogP contribution in [0.4, 0.5) is 26.7 Å². The number of amides is 2. The molecule has 0 saturated heterocycles. The van der Waals surface area contributed by atoms with Crippen LogP contribution in [-0.2, 0) is 19.6 Å². The smallest absolute Gasteiger partial charge is 0.425 e. The normalized spacial score (nSPS) is 13.2. The van der Waals surface area contributed by atoms with Crippen LogP contribution in [-0.4, -0.2) is 41.6 Å². The zero-order valence-corrected chi connectivity index (χ0v) is 17.2. The molecule has 0 aliphatic carbocycles. The molecule has 0 heterocycles. The number of rotatable bonds is 5. The highest BCUT2D eigenvalue weighted by Gasteiger charge is 2.47. The number of hydrogen-bond donors (Lipinski definition) is 2. The molecule has 170 valence electrons. The Morgan fingerprint density at radius 1 is 0.967 bits per heavy atom. The van der Waals surface area contributed by atoms with E-state index in [2.05, 4.69) is 0 Å². The highest BCUT2D eigenvalue weighted by Crippen LogP contribution is 2.32. The van der Waals surface area contributed by atoms with Gasteiger partial charge in [0.25, 0.3) is 15.9 Å². The van der Waals surface area contributed by atoms with Crippen molar-refractivity contribution < 1.29 is 49.9 Å². The maximum Gasteiger partial charge on any atom is 0.425 e. The summed E-state index contributed by atoms with van der Waals surface area (Å²) < 4.78 is 99.0. The first-order valence-electron chi connectivity index (χ1n) is 8.21. The van der Waals surface area contributed by atoms with Crippen molar-refractivity contribution in [2.24, 2.45) is 5.92 Å². The van der Waals surface area contributed by atoms with Crippen molar-refractivity contribution in [3.05, 3.63) is 29.1 Å². The SMILES string of the molecule is CC(C)C(C(=O)NO)N(C(=O)OC(C)(C)C)S(=O)(=O)c1c(F)c(F)c(F)c(F)c1F. The first-order chi connectivity index (χ1) is 13.5. The lowest BCUT2D eigenvalue weighted by molar-refractivity contribution is -0.134. The fraction of sp³-hybridized carbons (Fsp3) is 0.500. The third kappa shape index (κ3) is 4.80. The summed E-state index contributed by atoms with van der Waals surface area (Å²) in [4.78, 5) is 22.2. The molecule has 2 amide bonds. The van der Waals surface area contributed by atoms with Crippen LogP contribution in [0.25, 0.3) is 0 Å². The molecule has 1 unspecified atom stereocenters. The van der Waals surface area contributed by atoms with E-state index >= 15 is 0 Å². The van der Waals surface area contributed by atoms with E-state index in [1.165, 1.54) is 34.6 Å². The quantitative estimate of drug-likeness (QED) is 0.229. The number of hydroxylamine groups is 1. The van der Waals surface area contributed by atoms with Gasteiger partial charge in [0.15, 0.2) is 28.2 Å². The Hall–Kier alpha value is -2.48. The van der Waals surface area contributed by atoms with Gasteiger partial charge in [-0.15, -0.1) is 0 Å². The van der Waals surface area contributed by atoms with E-state index in [0.717, 1.165) is 5.48 Å². The van der Waals surface area contributed by atoms with Gasteiger partial charge in [-0.2, -0.15) is 4.31 Å². The topological polar surface area (TPSA) is 113 Å². The molecule has 1 aromatic carbocycles. The minimum absolute atomic E-state index is 0.479. The molecule has 0 fully saturated rings. The van der Waals surface area contributed by atoms with E-state index in [0.29, 0.717) is 0 Å². The highest BCUT2D eigenvalue weighted by atomic mass is 32.2. The maximum absolute atomic E-state index is 14.2. The second kappa shape index (κ2) is 8.71. The predicted octanol–water partition coefficient (Wildman–Crippen LogP) is 2.84. The molecule has 0 spiro atoms. The van der Waals surface area contributed by atoms with Crippen LogP contribution in [0.3, 0.4) is 0 Å². The number of carbonyl (C=O) groups is 2. The summed E-state index contributed by atoms with van der Waals surface area (Å²) >= 11 is 0. The zero-order chi connectivity index (χ0) is 23.8. The number of sulfonamides is 1. The van der Waals surface area contributed by atoms with Crippen molar-refractivity contribution in [1.82, 2.24) is 9.79 Å². The van der Waals surface area contributed by atoms with Crippen LogP contribution in [0.15, 0.2) is 4.90 Å². The van der Waals surface area contributed by atoms with Crippen molar-refractivity contribution >= 4 is 22.0 Å². The second-order valence-corrected chi connectivity index (χ2v) is 9.10. The Labute approximate surface area is 168 Å². The van der Waals surface area contributed by atoms with Crippen molar-refractivity contribution in [2.75, 3.05) is 0 Å². The molecule has 0 bridgehead atoms. The average molecular weight is 462 g/mol. The molecule has 0 radical (unpaired) electrons. The predicted molar refractivity (Wildman–Crippen MR) is 90.0 cm³/mol. The van der Waals surface area contributed by atoms with E-state index < -0.39 is 77.9 Å². The number of nitrogens with one attached hydrogen (secondary N) is 1. The fourth-order valence-corrected chi connectivity index (χ4v) is 4.02. The van der Waals surface area contributed by atoms with Crippen LogP contribution in [0.5, 0.6) is 0 Å². The average Bonchev–Trinajstić information content (AvgIpc) is 2.59. The molecule has 30 heavy (non-hydrogen) atoms. The van der Waals surface area contributed by atoms with E-state index in [1.807, 2.05) is 0 Å². The number of halogens is 5. The minimum Gasteiger partial charge on any atom is -0.443 e. The Morgan fingerprint density at radius 2 is 1.37 bits per heavy atom. The van der Waals surface area contributed by atoms with Crippen LogP contribution < -0.4 is 5.48 Å². The summed E-state index contributed by atoms with van der Waals surface area (Å²) in [6.45, 7) is 6.22. The fourth-order valence-electron chi connectivity index (χ4n) is 2.32. The maximum atomic E-state index is 14.2. The van der Waals surface area contributed by atoms with Crippen molar-refractivity contribution in [2.45, 2.75) is 51.2 Å². The van der Waals surface area contributed by atoms with E-state index in [-0.39, 0.29) is 0 Å². The van der Waals surface area contributed by atoms with Gasteiger partial charge in [0.05, 0.1) is 0 Å². The summed E-state index contributed by atoms with van der Waals surface area (Å²) in [6, 6.07) is -2.18. The molecule has 0 aromatic heterocycles. The van der Waals surface area contributed by atoms with Gasteiger partial charge in [-0.25, -0.2) is 40.6 Å². The van der Waals surface area contributed by atoms with Gasteiger partial charge in [0.1, 0.15) is 11.6 Å². The summed E-state index contributed by atoms with van der Waals surface area (Å²) in [5, 5.41) is 8.90. The lowest BCUT2D eigenvalue weighted by atomic mass is 10.0. The largest absolute Gasteiger partial charge is 0.443 e. The van der Waals surface area contributed by atoms with Crippen LogP contribution in [0, 0.1) is 35.0 Å². The third-order valence-electron chi connectivity index (χ3n) is 3.52. The molecule has 0 saturated carbocycles. The number of hydrogen-bond acceptors (Lipinski definition) is 6. The van der Waals surface area contributed by atoms with Gasteiger partial charge in [-0.1, -0.05) is 13.8 Å². The van der Waals surface area contributed by atoms with Crippen molar-refractivity contribution in [3.8, 4) is 0 Å². The van der Waals surface area contributed by atoms with Gasteiger partial charge < -0.3 is 4.74 Å². The molecule has 1 atom stereocenters.